The molecule has 20 heavy (non-hydrogen) atoms. The molecule has 1 aromatic carbocycles. The average Bonchev–Trinajstić information content (AvgIpc) is 2.32. The summed E-state index contributed by atoms with van der Waals surface area (Å²) in [5.41, 5.74) is 0.165. The van der Waals surface area contributed by atoms with E-state index in [0.29, 0.717) is 5.02 Å². The summed E-state index contributed by atoms with van der Waals surface area (Å²) in [6, 6.07) is 3.82. The maximum absolute atomic E-state index is 11.8. The number of halogens is 1. The molecule has 0 aromatic heterocycles. The molecule has 2 rings (SSSR count). The second-order valence-corrected chi connectivity index (χ2v) is 5.06. The molecule has 1 fully saturated rings. The third-order valence-corrected chi connectivity index (χ3v) is 3.46. The van der Waals surface area contributed by atoms with Crippen molar-refractivity contribution >= 4 is 29.3 Å². The first-order valence-electron chi connectivity index (χ1n) is 6.12. The van der Waals surface area contributed by atoms with Crippen molar-refractivity contribution in [3.05, 3.63) is 28.8 Å². The Kier molecular flexibility index (Phi) is 4.46. The van der Waals surface area contributed by atoms with Gasteiger partial charge in [0.1, 0.15) is 0 Å². The molecular weight excluding hydrogens is 284 g/mol. The number of anilines is 1. The number of carboxylic acids is 1. The highest BCUT2D eigenvalue weighted by molar-refractivity contribution is 6.31. The normalized spacial score (nSPS) is 20.9. The van der Waals surface area contributed by atoms with Crippen LogP contribution in [0.15, 0.2) is 18.2 Å². The number of carbonyl (C=O) groups excluding carboxylic acids is 1. The van der Waals surface area contributed by atoms with Crippen LogP contribution in [0.5, 0.6) is 0 Å². The fourth-order valence-electron chi connectivity index (χ4n) is 2.03. The number of nitrogens with one attached hydrogen (secondary N) is 2. The summed E-state index contributed by atoms with van der Waals surface area (Å²) in [5, 5.41) is 14.7. The van der Waals surface area contributed by atoms with Crippen LogP contribution in [0.4, 0.5) is 10.5 Å². The summed E-state index contributed by atoms with van der Waals surface area (Å²) >= 11 is 5.81. The van der Waals surface area contributed by atoms with Gasteiger partial charge in [-0.15, -0.1) is 0 Å². The number of rotatable bonds is 4. The fourth-order valence-corrected chi connectivity index (χ4v) is 2.20. The van der Waals surface area contributed by atoms with Crippen LogP contribution in [0.25, 0.3) is 0 Å². The molecule has 0 aliphatic heterocycles. The Balaban J connectivity index is 1.97. The Morgan fingerprint density at radius 2 is 2.10 bits per heavy atom. The van der Waals surface area contributed by atoms with E-state index in [-0.39, 0.29) is 23.4 Å². The summed E-state index contributed by atoms with van der Waals surface area (Å²) in [4.78, 5) is 22.9. The molecule has 0 saturated heterocycles. The molecule has 1 aromatic rings. The first-order chi connectivity index (χ1) is 9.49. The van der Waals surface area contributed by atoms with Gasteiger partial charge in [-0.05, 0) is 31.0 Å². The number of benzene rings is 1. The summed E-state index contributed by atoms with van der Waals surface area (Å²) in [5.74, 6) is -1.12. The van der Waals surface area contributed by atoms with E-state index in [1.807, 2.05) is 0 Å². The van der Waals surface area contributed by atoms with Gasteiger partial charge in [-0.3, -0.25) is 0 Å². The zero-order chi connectivity index (χ0) is 14.7. The molecule has 0 radical (unpaired) electrons. The molecular formula is C13H15ClN2O4. The zero-order valence-corrected chi connectivity index (χ0v) is 11.6. The third-order valence-electron chi connectivity index (χ3n) is 3.22. The SMILES string of the molecule is COC1CC(NC(=O)Nc2cc(Cl)ccc2C(=O)O)C1. The zero-order valence-electron chi connectivity index (χ0n) is 10.9. The number of aromatic carboxylic acids is 1. The first kappa shape index (κ1) is 14.6. The van der Waals surface area contributed by atoms with E-state index in [9.17, 15) is 9.59 Å². The number of amides is 2. The Bertz CT molecular complexity index is 529. The summed E-state index contributed by atoms with van der Waals surface area (Å²) < 4.78 is 5.12. The van der Waals surface area contributed by atoms with Crippen molar-refractivity contribution < 1.29 is 19.4 Å². The largest absolute Gasteiger partial charge is 0.478 e. The maximum Gasteiger partial charge on any atom is 0.337 e. The van der Waals surface area contributed by atoms with Crippen molar-refractivity contribution in [2.24, 2.45) is 0 Å². The molecule has 0 bridgehead atoms. The molecule has 0 spiro atoms. The van der Waals surface area contributed by atoms with Crippen LogP contribution in [-0.4, -0.2) is 36.4 Å². The molecule has 1 aliphatic carbocycles. The lowest BCUT2D eigenvalue weighted by molar-refractivity contribution is 0.0210. The number of urea groups is 1. The van der Waals surface area contributed by atoms with E-state index in [2.05, 4.69) is 10.6 Å². The lowest BCUT2D eigenvalue weighted by Gasteiger charge is -2.34. The van der Waals surface area contributed by atoms with Crippen LogP contribution in [0.2, 0.25) is 5.02 Å². The van der Waals surface area contributed by atoms with Crippen LogP contribution in [0.3, 0.4) is 0 Å². The number of ether oxygens (including phenoxy) is 1. The molecule has 6 nitrogen and oxygen atoms in total. The van der Waals surface area contributed by atoms with Crippen molar-refractivity contribution in [2.75, 3.05) is 12.4 Å². The molecule has 2 amide bonds. The van der Waals surface area contributed by atoms with Gasteiger partial charge in [0.15, 0.2) is 0 Å². The van der Waals surface area contributed by atoms with Crippen LogP contribution in [0, 0.1) is 0 Å². The van der Waals surface area contributed by atoms with Crippen molar-refractivity contribution in [1.82, 2.24) is 5.32 Å². The highest BCUT2D eigenvalue weighted by Crippen LogP contribution is 2.24. The number of hydrogen-bond donors (Lipinski definition) is 3. The predicted octanol–water partition coefficient (Wildman–Crippen LogP) is 2.34. The molecule has 1 saturated carbocycles. The number of carbonyl (C=O) groups is 2. The predicted molar refractivity (Wildman–Crippen MR) is 74.4 cm³/mol. The highest BCUT2D eigenvalue weighted by Gasteiger charge is 2.30. The topological polar surface area (TPSA) is 87.7 Å². The van der Waals surface area contributed by atoms with Crippen LogP contribution >= 0.6 is 11.6 Å². The van der Waals surface area contributed by atoms with E-state index < -0.39 is 12.0 Å². The Hall–Kier alpha value is -1.79. The molecule has 7 heteroatoms. The number of methoxy groups -OCH3 is 1. The fraction of sp³-hybridized carbons (Fsp3) is 0.385. The smallest absolute Gasteiger partial charge is 0.337 e. The first-order valence-corrected chi connectivity index (χ1v) is 6.50. The number of hydrogen-bond acceptors (Lipinski definition) is 3. The minimum Gasteiger partial charge on any atom is -0.478 e. The maximum atomic E-state index is 11.8. The summed E-state index contributed by atoms with van der Waals surface area (Å²) in [6.45, 7) is 0. The highest BCUT2D eigenvalue weighted by atomic mass is 35.5. The molecule has 0 atom stereocenters. The van der Waals surface area contributed by atoms with Gasteiger partial charge in [0.2, 0.25) is 0 Å². The van der Waals surface area contributed by atoms with E-state index in [1.54, 1.807) is 7.11 Å². The van der Waals surface area contributed by atoms with Crippen LogP contribution in [-0.2, 0) is 4.74 Å². The van der Waals surface area contributed by atoms with Gasteiger partial charge >= 0.3 is 12.0 Å². The van der Waals surface area contributed by atoms with Gasteiger partial charge < -0.3 is 20.5 Å². The van der Waals surface area contributed by atoms with E-state index >= 15 is 0 Å². The minimum atomic E-state index is -1.12. The van der Waals surface area contributed by atoms with E-state index in [1.165, 1.54) is 18.2 Å². The van der Waals surface area contributed by atoms with E-state index in [0.717, 1.165) is 12.8 Å². The standard InChI is InChI=1S/C13H15ClN2O4/c1-20-9-5-8(6-9)15-13(19)16-11-4-7(14)2-3-10(11)12(17)18/h2-4,8-9H,5-6H2,1H3,(H,17,18)(H2,15,16,19). The Morgan fingerprint density at radius 3 is 2.70 bits per heavy atom. The number of carboxylic acid groups (broad SMARTS) is 1. The lowest BCUT2D eigenvalue weighted by Crippen LogP contribution is -2.48. The summed E-state index contributed by atoms with van der Waals surface area (Å²) in [7, 11) is 1.63. The van der Waals surface area contributed by atoms with Crippen molar-refractivity contribution in [1.29, 1.82) is 0 Å². The van der Waals surface area contributed by atoms with Gasteiger partial charge in [0, 0.05) is 18.2 Å². The monoisotopic (exact) mass is 298 g/mol. The van der Waals surface area contributed by atoms with Gasteiger partial charge in [-0.1, -0.05) is 11.6 Å². The third kappa shape index (κ3) is 3.40. The van der Waals surface area contributed by atoms with Gasteiger partial charge in [0.05, 0.1) is 17.4 Å². The average molecular weight is 299 g/mol. The quantitative estimate of drug-likeness (QED) is 0.796. The Labute approximate surface area is 121 Å². The van der Waals surface area contributed by atoms with Gasteiger partial charge in [-0.25, -0.2) is 9.59 Å². The van der Waals surface area contributed by atoms with E-state index in [4.69, 9.17) is 21.4 Å². The molecule has 108 valence electrons. The van der Waals surface area contributed by atoms with Crippen molar-refractivity contribution in [3.8, 4) is 0 Å². The molecule has 1 aliphatic rings. The Morgan fingerprint density at radius 1 is 1.40 bits per heavy atom. The van der Waals surface area contributed by atoms with Gasteiger partial charge in [-0.2, -0.15) is 0 Å². The van der Waals surface area contributed by atoms with Crippen LogP contribution in [0.1, 0.15) is 23.2 Å². The van der Waals surface area contributed by atoms with Crippen LogP contribution < -0.4 is 10.6 Å². The van der Waals surface area contributed by atoms with Crippen molar-refractivity contribution in [2.45, 2.75) is 25.0 Å². The summed E-state index contributed by atoms with van der Waals surface area (Å²) in [6.07, 6.45) is 1.69. The molecule has 0 unspecified atom stereocenters. The second kappa shape index (κ2) is 6.11. The lowest BCUT2D eigenvalue weighted by atomic mass is 9.89. The minimum absolute atomic E-state index is 0.00655. The molecule has 3 N–H and O–H groups in total. The second-order valence-electron chi connectivity index (χ2n) is 4.62. The van der Waals surface area contributed by atoms with Gasteiger partial charge in [0.25, 0.3) is 0 Å². The molecule has 0 heterocycles. The van der Waals surface area contributed by atoms with Crippen molar-refractivity contribution in [3.63, 3.8) is 0 Å².